The Morgan fingerprint density at radius 1 is 1.00 bits per heavy atom. The summed E-state index contributed by atoms with van der Waals surface area (Å²) in [5.74, 6) is 1.93. The van der Waals surface area contributed by atoms with Crippen LogP contribution in [0.3, 0.4) is 0 Å². The summed E-state index contributed by atoms with van der Waals surface area (Å²) in [5.41, 5.74) is 7.22. The molecule has 0 bridgehead atoms. The van der Waals surface area contributed by atoms with Crippen molar-refractivity contribution in [3.63, 3.8) is 0 Å². The zero-order valence-corrected chi connectivity index (χ0v) is 13.6. The monoisotopic (exact) mass is 303 g/mol. The highest BCUT2D eigenvalue weighted by Gasteiger charge is 2.19. The van der Waals surface area contributed by atoms with E-state index in [1.807, 2.05) is 12.1 Å². The fourth-order valence-electron chi connectivity index (χ4n) is 2.19. The number of hydrogen-bond acceptors (Lipinski definition) is 4. The van der Waals surface area contributed by atoms with Gasteiger partial charge in [0.05, 0.1) is 21.3 Å². The van der Waals surface area contributed by atoms with Crippen LogP contribution in [0.5, 0.6) is 17.2 Å². The average Bonchev–Trinajstić information content (AvgIpc) is 2.45. The lowest BCUT2D eigenvalue weighted by atomic mass is 9.99. The van der Waals surface area contributed by atoms with Crippen LogP contribution in [0.4, 0.5) is 0 Å². The van der Waals surface area contributed by atoms with E-state index >= 15 is 0 Å². The minimum absolute atomic E-state index is 0. The molecule has 0 unspecified atom stereocenters. The lowest BCUT2D eigenvalue weighted by Crippen LogP contribution is -2.12. The Balaban J connectivity index is 0.00000361. The maximum absolute atomic E-state index is 6.25. The highest BCUT2D eigenvalue weighted by Crippen LogP contribution is 2.42. The Bertz CT molecular complexity index is 399. The molecule has 20 heavy (non-hydrogen) atoms. The van der Waals surface area contributed by atoms with E-state index in [1.165, 1.54) is 12.8 Å². The summed E-state index contributed by atoms with van der Waals surface area (Å²) in [6.07, 6.45) is 4.45. The van der Waals surface area contributed by atoms with Gasteiger partial charge in [-0.05, 0) is 18.6 Å². The predicted molar refractivity (Wildman–Crippen MR) is 84.4 cm³/mol. The van der Waals surface area contributed by atoms with Crippen LogP contribution in [0, 0.1) is 0 Å². The molecule has 116 valence electrons. The van der Waals surface area contributed by atoms with E-state index in [1.54, 1.807) is 21.3 Å². The van der Waals surface area contributed by atoms with E-state index in [0.717, 1.165) is 18.4 Å². The molecule has 0 radical (unpaired) electrons. The van der Waals surface area contributed by atoms with Gasteiger partial charge in [0.25, 0.3) is 0 Å². The Hall–Kier alpha value is -1.13. The molecule has 0 saturated carbocycles. The van der Waals surface area contributed by atoms with E-state index in [4.69, 9.17) is 19.9 Å². The summed E-state index contributed by atoms with van der Waals surface area (Å²) in [5, 5.41) is 0. The van der Waals surface area contributed by atoms with Crippen LogP contribution in [0.1, 0.15) is 44.2 Å². The molecule has 0 aliphatic rings. The molecule has 0 amide bonds. The third kappa shape index (κ3) is 4.46. The Morgan fingerprint density at radius 3 is 2.15 bits per heavy atom. The highest BCUT2D eigenvalue weighted by atomic mass is 35.5. The Kier molecular flexibility index (Phi) is 9.17. The van der Waals surface area contributed by atoms with Gasteiger partial charge in [-0.2, -0.15) is 0 Å². The Labute approximate surface area is 128 Å². The van der Waals surface area contributed by atoms with Gasteiger partial charge in [-0.3, -0.25) is 0 Å². The summed E-state index contributed by atoms with van der Waals surface area (Å²) >= 11 is 0. The first-order valence-corrected chi connectivity index (χ1v) is 6.74. The number of halogens is 1. The number of ether oxygens (including phenoxy) is 3. The molecular weight excluding hydrogens is 278 g/mol. The van der Waals surface area contributed by atoms with Crippen molar-refractivity contribution in [1.29, 1.82) is 0 Å². The van der Waals surface area contributed by atoms with Crippen molar-refractivity contribution in [3.8, 4) is 17.2 Å². The van der Waals surface area contributed by atoms with Crippen LogP contribution in [0.2, 0.25) is 0 Å². The molecular formula is C15H26ClNO3. The van der Waals surface area contributed by atoms with Gasteiger partial charge in [0.2, 0.25) is 5.75 Å². The van der Waals surface area contributed by atoms with Gasteiger partial charge in [0.1, 0.15) is 0 Å². The van der Waals surface area contributed by atoms with Gasteiger partial charge in [0.15, 0.2) is 11.5 Å². The summed E-state index contributed by atoms with van der Waals surface area (Å²) in [4.78, 5) is 0. The summed E-state index contributed by atoms with van der Waals surface area (Å²) < 4.78 is 16.1. The molecule has 0 aliphatic heterocycles. The lowest BCUT2D eigenvalue weighted by Gasteiger charge is -2.19. The molecule has 0 spiro atoms. The van der Waals surface area contributed by atoms with Crippen molar-refractivity contribution in [2.75, 3.05) is 21.3 Å². The van der Waals surface area contributed by atoms with Gasteiger partial charge >= 0.3 is 0 Å². The zero-order chi connectivity index (χ0) is 14.3. The number of rotatable bonds is 8. The minimum Gasteiger partial charge on any atom is -0.493 e. The smallest absolute Gasteiger partial charge is 0.203 e. The van der Waals surface area contributed by atoms with Crippen LogP contribution in [-0.4, -0.2) is 21.3 Å². The fourth-order valence-corrected chi connectivity index (χ4v) is 2.19. The van der Waals surface area contributed by atoms with Crippen molar-refractivity contribution in [2.24, 2.45) is 5.73 Å². The van der Waals surface area contributed by atoms with Crippen molar-refractivity contribution >= 4 is 12.4 Å². The second kappa shape index (κ2) is 9.72. The van der Waals surface area contributed by atoms with Gasteiger partial charge in [-0.1, -0.05) is 26.2 Å². The largest absolute Gasteiger partial charge is 0.493 e. The van der Waals surface area contributed by atoms with Gasteiger partial charge in [-0.25, -0.2) is 0 Å². The fraction of sp³-hybridized carbons (Fsp3) is 0.600. The molecule has 0 saturated heterocycles. The predicted octanol–water partition coefficient (Wildman–Crippen LogP) is 3.71. The molecule has 1 aromatic carbocycles. The second-order valence-electron chi connectivity index (χ2n) is 4.53. The second-order valence-corrected chi connectivity index (χ2v) is 4.53. The van der Waals surface area contributed by atoms with E-state index < -0.39 is 0 Å². The lowest BCUT2D eigenvalue weighted by molar-refractivity contribution is 0.320. The summed E-state index contributed by atoms with van der Waals surface area (Å²) in [6.45, 7) is 2.18. The standard InChI is InChI=1S/C15H25NO3.ClH/c1-5-6-7-8-12(16)11-9-10-13(17-2)15(19-4)14(11)18-3;/h9-10,12H,5-8,16H2,1-4H3;1H/t12-;/m1./s1. The normalized spacial score (nSPS) is 11.4. The van der Waals surface area contributed by atoms with Crippen molar-refractivity contribution in [2.45, 2.75) is 38.6 Å². The summed E-state index contributed by atoms with van der Waals surface area (Å²) in [6, 6.07) is 3.79. The van der Waals surface area contributed by atoms with Crippen LogP contribution in [0.15, 0.2) is 12.1 Å². The van der Waals surface area contributed by atoms with Crippen LogP contribution >= 0.6 is 12.4 Å². The molecule has 0 heterocycles. The topological polar surface area (TPSA) is 53.7 Å². The van der Waals surface area contributed by atoms with Crippen molar-refractivity contribution in [3.05, 3.63) is 17.7 Å². The highest BCUT2D eigenvalue weighted by molar-refractivity contribution is 5.85. The van der Waals surface area contributed by atoms with Crippen molar-refractivity contribution in [1.82, 2.24) is 0 Å². The SMILES string of the molecule is CCCCC[C@@H](N)c1ccc(OC)c(OC)c1OC.Cl. The maximum atomic E-state index is 6.25. The van der Waals surface area contributed by atoms with Crippen LogP contribution < -0.4 is 19.9 Å². The number of hydrogen-bond donors (Lipinski definition) is 1. The molecule has 1 atom stereocenters. The number of benzene rings is 1. The third-order valence-electron chi connectivity index (χ3n) is 3.25. The molecule has 2 N–H and O–H groups in total. The first-order chi connectivity index (χ1) is 9.19. The molecule has 1 aromatic rings. The van der Waals surface area contributed by atoms with Crippen LogP contribution in [0.25, 0.3) is 0 Å². The molecule has 4 nitrogen and oxygen atoms in total. The molecule has 0 aliphatic carbocycles. The maximum Gasteiger partial charge on any atom is 0.203 e. The number of unbranched alkanes of at least 4 members (excludes halogenated alkanes) is 2. The molecule has 5 heteroatoms. The van der Waals surface area contributed by atoms with E-state index in [-0.39, 0.29) is 18.4 Å². The quantitative estimate of drug-likeness (QED) is 0.744. The van der Waals surface area contributed by atoms with Crippen molar-refractivity contribution < 1.29 is 14.2 Å². The van der Waals surface area contributed by atoms with E-state index in [0.29, 0.717) is 17.2 Å². The summed E-state index contributed by atoms with van der Waals surface area (Å²) in [7, 11) is 4.84. The van der Waals surface area contributed by atoms with Crippen LogP contribution in [-0.2, 0) is 0 Å². The van der Waals surface area contributed by atoms with Gasteiger partial charge < -0.3 is 19.9 Å². The zero-order valence-electron chi connectivity index (χ0n) is 12.8. The first-order valence-electron chi connectivity index (χ1n) is 6.74. The molecule has 0 aromatic heterocycles. The molecule has 1 rings (SSSR count). The number of nitrogens with two attached hydrogens (primary N) is 1. The Morgan fingerprint density at radius 2 is 1.65 bits per heavy atom. The van der Waals surface area contributed by atoms with Gasteiger partial charge in [0, 0.05) is 11.6 Å². The average molecular weight is 304 g/mol. The van der Waals surface area contributed by atoms with E-state index in [9.17, 15) is 0 Å². The first kappa shape index (κ1) is 18.9. The molecule has 0 fully saturated rings. The minimum atomic E-state index is -0.0405. The number of methoxy groups -OCH3 is 3. The third-order valence-corrected chi connectivity index (χ3v) is 3.25. The van der Waals surface area contributed by atoms with Gasteiger partial charge in [-0.15, -0.1) is 12.4 Å². The van der Waals surface area contributed by atoms with E-state index in [2.05, 4.69) is 6.92 Å².